The molecule has 0 amide bonds. The summed E-state index contributed by atoms with van der Waals surface area (Å²) in [6.45, 7) is 8.31. The van der Waals surface area contributed by atoms with Gasteiger partial charge < -0.3 is 5.32 Å². The third-order valence-corrected chi connectivity index (χ3v) is 2.63. The second kappa shape index (κ2) is 7.35. The Kier molecular flexibility index (Phi) is 7.17. The van der Waals surface area contributed by atoms with E-state index in [0.29, 0.717) is 6.04 Å². The van der Waals surface area contributed by atoms with E-state index in [1.165, 1.54) is 19.3 Å². The van der Waals surface area contributed by atoms with Crippen LogP contribution in [0.5, 0.6) is 0 Å². The van der Waals surface area contributed by atoms with Gasteiger partial charge in [-0.15, -0.1) is 6.58 Å². The molecule has 72 valence electrons. The molecule has 0 spiro atoms. The molecule has 0 heterocycles. The smallest absolute Gasteiger partial charge is 0.0101 e. The highest BCUT2D eigenvalue weighted by Gasteiger charge is 2.10. The van der Waals surface area contributed by atoms with Crippen LogP contribution in [0.25, 0.3) is 0 Å². The van der Waals surface area contributed by atoms with Gasteiger partial charge in [-0.05, 0) is 25.8 Å². The molecule has 1 atom stereocenters. The van der Waals surface area contributed by atoms with Gasteiger partial charge in [-0.3, -0.25) is 0 Å². The molecular formula is C11H23N. The van der Waals surface area contributed by atoms with Crippen LogP contribution in [0.15, 0.2) is 12.7 Å². The molecule has 0 bridgehead atoms. The number of hydrogen-bond donors (Lipinski definition) is 1. The first-order valence-corrected chi connectivity index (χ1v) is 5.06. The summed E-state index contributed by atoms with van der Waals surface area (Å²) >= 11 is 0. The molecule has 0 aliphatic carbocycles. The van der Waals surface area contributed by atoms with E-state index in [1.54, 1.807) is 0 Å². The lowest BCUT2D eigenvalue weighted by molar-refractivity contribution is 0.380. The zero-order valence-electron chi connectivity index (χ0n) is 8.77. The number of hydrogen-bond acceptors (Lipinski definition) is 1. The lowest BCUT2D eigenvalue weighted by Gasteiger charge is -2.19. The van der Waals surface area contributed by atoms with Crippen molar-refractivity contribution in [1.29, 1.82) is 0 Å². The summed E-state index contributed by atoms with van der Waals surface area (Å²) in [7, 11) is 2.04. The minimum atomic E-state index is 0.632. The van der Waals surface area contributed by atoms with Gasteiger partial charge in [0.25, 0.3) is 0 Å². The van der Waals surface area contributed by atoms with Gasteiger partial charge in [0, 0.05) is 6.04 Å². The Morgan fingerprint density at radius 1 is 1.33 bits per heavy atom. The maximum Gasteiger partial charge on any atom is 0.0101 e. The standard InChI is InChI=1S/C11H23N/c1-5-8-11(12-4)9-10(6-2)7-3/h5,10-12H,1,6-9H2,2-4H3. The van der Waals surface area contributed by atoms with E-state index in [-0.39, 0.29) is 0 Å². The predicted octanol–water partition coefficient (Wildman–Crippen LogP) is 2.98. The van der Waals surface area contributed by atoms with E-state index in [0.717, 1.165) is 12.3 Å². The molecule has 0 saturated carbocycles. The number of nitrogens with one attached hydrogen (secondary N) is 1. The van der Waals surface area contributed by atoms with Crippen LogP contribution >= 0.6 is 0 Å². The van der Waals surface area contributed by atoms with Crippen molar-refractivity contribution in [2.45, 2.75) is 45.6 Å². The minimum Gasteiger partial charge on any atom is -0.317 e. The Balaban J connectivity index is 3.73. The Morgan fingerprint density at radius 2 is 1.92 bits per heavy atom. The molecule has 1 N–H and O–H groups in total. The molecule has 0 aromatic heterocycles. The minimum absolute atomic E-state index is 0.632. The second-order valence-electron chi connectivity index (χ2n) is 3.43. The molecule has 0 rings (SSSR count). The average Bonchev–Trinajstić information content (AvgIpc) is 2.12. The van der Waals surface area contributed by atoms with Crippen LogP contribution in [0.3, 0.4) is 0 Å². The van der Waals surface area contributed by atoms with Crippen LogP contribution in [0, 0.1) is 5.92 Å². The second-order valence-corrected chi connectivity index (χ2v) is 3.43. The number of rotatable bonds is 7. The van der Waals surface area contributed by atoms with Gasteiger partial charge in [0.05, 0.1) is 0 Å². The molecule has 1 nitrogen and oxygen atoms in total. The van der Waals surface area contributed by atoms with Gasteiger partial charge in [-0.2, -0.15) is 0 Å². The highest BCUT2D eigenvalue weighted by atomic mass is 14.9. The SMILES string of the molecule is C=CCC(CC(CC)CC)NC. The summed E-state index contributed by atoms with van der Waals surface area (Å²) in [6, 6.07) is 0.632. The van der Waals surface area contributed by atoms with E-state index in [2.05, 4.69) is 25.7 Å². The van der Waals surface area contributed by atoms with Crippen LogP contribution in [0.4, 0.5) is 0 Å². The lowest BCUT2D eigenvalue weighted by Crippen LogP contribution is -2.27. The van der Waals surface area contributed by atoms with Crippen molar-refractivity contribution < 1.29 is 0 Å². The normalized spacial score (nSPS) is 13.3. The van der Waals surface area contributed by atoms with Crippen molar-refractivity contribution in [1.82, 2.24) is 5.32 Å². The summed E-state index contributed by atoms with van der Waals surface area (Å²) in [5.41, 5.74) is 0. The van der Waals surface area contributed by atoms with Gasteiger partial charge >= 0.3 is 0 Å². The fourth-order valence-corrected chi connectivity index (χ4v) is 1.56. The third kappa shape index (κ3) is 4.55. The maximum absolute atomic E-state index is 3.77. The highest BCUT2D eigenvalue weighted by Crippen LogP contribution is 2.16. The third-order valence-electron chi connectivity index (χ3n) is 2.63. The van der Waals surface area contributed by atoms with Crippen molar-refractivity contribution in [3.63, 3.8) is 0 Å². The van der Waals surface area contributed by atoms with Gasteiger partial charge in [-0.25, -0.2) is 0 Å². The fourth-order valence-electron chi connectivity index (χ4n) is 1.56. The van der Waals surface area contributed by atoms with Gasteiger partial charge in [0.1, 0.15) is 0 Å². The van der Waals surface area contributed by atoms with E-state index in [4.69, 9.17) is 0 Å². The molecule has 0 aliphatic heterocycles. The molecule has 1 unspecified atom stereocenters. The fraction of sp³-hybridized carbons (Fsp3) is 0.818. The molecule has 0 aliphatic rings. The molecule has 0 aromatic carbocycles. The Bertz CT molecular complexity index is 106. The maximum atomic E-state index is 3.77. The Morgan fingerprint density at radius 3 is 2.25 bits per heavy atom. The summed E-state index contributed by atoms with van der Waals surface area (Å²) in [6.07, 6.45) is 6.98. The molecule has 0 saturated heterocycles. The van der Waals surface area contributed by atoms with Crippen molar-refractivity contribution >= 4 is 0 Å². The zero-order chi connectivity index (χ0) is 9.40. The monoisotopic (exact) mass is 169 g/mol. The van der Waals surface area contributed by atoms with E-state index in [9.17, 15) is 0 Å². The van der Waals surface area contributed by atoms with Crippen LogP contribution in [0.2, 0.25) is 0 Å². The lowest BCUT2D eigenvalue weighted by atomic mass is 9.93. The van der Waals surface area contributed by atoms with Gasteiger partial charge in [0.2, 0.25) is 0 Å². The highest BCUT2D eigenvalue weighted by molar-refractivity contribution is 4.78. The van der Waals surface area contributed by atoms with Crippen molar-refractivity contribution in [2.75, 3.05) is 7.05 Å². The quantitative estimate of drug-likeness (QED) is 0.578. The van der Waals surface area contributed by atoms with Crippen molar-refractivity contribution in [2.24, 2.45) is 5.92 Å². The molecule has 0 aromatic rings. The van der Waals surface area contributed by atoms with Crippen LogP contribution in [0.1, 0.15) is 39.5 Å². The Labute approximate surface area is 77.2 Å². The van der Waals surface area contributed by atoms with Crippen molar-refractivity contribution in [3.8, 4) is 0 Å². The predicted molar refractivity (Wildman–Crippen MR) is 56.4 cm³/mol. The Hall–Kier alpha value is -0.300. The molecule has 0 fully saturated rings. The first-order chi connectivity index (χ1) is 5.78. The summed E-state index contributed by atoms with van der Waals surface area (Å²) in [5, 5.41) is 3.33. The van der Waals surface area contributed by atoms with Crippen molar-refractivity contribution in [3.05, 3.63) is 12.7 Å². The van der Waals surface area contributed by atoms with Crippen LogP contribution in [-0.2, 0) is 0 Å². The van der Waals surface area contributed by atoms with Gasteiger partial charge in [-0.1, -0.05) is 32.8 Å². The van der Waals surface area contributed by atoms with E-state index < -0.39 is 0 Å². The van der Waals surface area contributed by atoms with Gasteiger partial charge in [0.15, 0.2) is 0 Å². The first kappa shape index (κ1) is 11.7. The first-order valence-electron chi connectivity index (χ1n) is 5.06. The molecule has 12 heavy (non-hydrogen) atoms. The van der Waals surface area contributed by atoms with E-state index in [1.807, 2.05) is 13.1 Å². The average molecular weight is 169 g/mol. The van der Waals surface area contributed by atoms with Crippen LogP contribution < -0.4 is 5.32 Å². The summed E-state index contributed by atoms with van der Waals surface area (Å²) < 4.78 is 0. The molecular weight excluding hydrogens is 146 g/mol. The zero-order valence-corrected chi connectivity index (χ0v) is 8.77. The summed E-state index contributed by atoms with van der Waals surface area (Å²) in [4.78, 5) is 0. The van der Waals surface area contributed by atoms with E-state index >= 15 is 0 Å². The largest absolute Gasteiger partial charge is 0.317 e. The topological polar surface area (TPSA) is 12.0 Å². The molecule has 0 radical (unpaired) electrons. The van der Waals surface area contributed by atoms with Crippen LogP contribution in [-0.4, -0.2) is 13.1 Å². The molecule has 1 heteroatoms. The summed E-state index contributed by atoms with van der Waals surface area (Å²) in [5.74, 6) is 0.877.